The first-order valence-corrected chi connectivity index (χ1v) is 4.99. The summed E-state index contributed by atoms with van der Waals surface area (Å²) in [6.07, 6.45) is -7.52. The summed E-state index contributed by atoms with van der Waals surface area (Å²) in [7, 11) is 0. The van der Waals surface area contributed by atoms with Crippen LogP contribution in [-0.4, -0.2) is 53.4 Å². The zero-order valence-corrected chi connectivity index (χ0v) is 10.3. The number of hydrogen-bond donors (Lipinski definition) is 1. The first-order chi connectivity index (χ1) is 10.1. The Balaban J connectivity index is 6.42. The molecule has 0 bridgehead atoms. The summed E-state index contributed by atoms with van der Waals surface area (Å²) in [6.45, 7) is -3.80. The molecule has 0 saturated carbocycles. The van der Waals surface area contributed by atoms with Gasteiger partial charge < -0.3 is 5.11 Å². The number of alkyl halides is 15. The van der Waals surface area contributed by atoms with Gasteiger partial charge >= 0.3 is 41.6 Å². The molecule has 0 radical (unpaired) electrons. The van der Waals surface area contributed by atoms with Gasteiger partial charge in [-0.05, 0) is 0 Å². The van der Waals surface area contributed by atoms with Gasteiger partial charge in [0, 0.05) is 0 Å². The highest BCUT2D eigenvalue weighted by Gasteiger charge is 2.92. The quantitative estimate of drug-likeness (QED) is 0.658. The van der Waals surface area contributed by atoms with Crippen LogP contribution < -0.4 is 0 Å². The van der Waals surface area contributed by atoms with Gasteiger partial charge in [-0.1, -0.05) is 0 Å². The third-order valence-electron chi connectivity index (χ3n) is 2.60. The molecular weight excluding hydrogens is 397 g/mol. The van der Waals surface area contributed by atoms with Crippen molar-refractivity contribution in [2.75, 3.05) is 6.67 Å². The smallest absolute Gasteiger partial charge is 0.352 e. The van der Waals surface area contributed by atoms with Crippen LogP contribution in [-0.2, 0) is 0 Å². The highest BCUT2D eigenvalue weighted by molar-refractivity contribution is 5.12. The molecule has 1 nitrogen and oxygen atoms in total. The van der Waals surface area contributed by atoms with Gasteiger partial charge in [-0.3, -0.25) is 0 Å². The van der Waals surface area contributed by atoms with Crippen LogP contribution in [0.5, 0.6) is 0 Å². The first kappa shape index (κ1) is 22.9. The molecule has 0 fully saturated rings. The van der Waals surface area contributed by atoms with E-state index in [0.717, 1.165) is 0 Å². The molecule has 0 heterocycles. The predicted octanol–water partition coefficient (Wildman–Crippen LogP) is 4.35. The first-order valence-electron chi connectivity index (χ1n) is 4.99. The second-order valence-corrected chi connectivity index (χ2v) is 4.26. The van der Waals surface area contributed by atoms with Crippen molar-refractivity contribution in [3.05, 3.63) is 0 Å². The average molecular weight is 400 g/mol. The molecule has 0 spiro atoms. The maximum absolute atomic E-state index is 12.9. The topological polar surface area (TPSA) is 20.2 Å². The highest BCUT2D eigenvalue weighted by atomic mass is 19.4. The minimum atomic E-state index is -8.14. The SMILES string of the molecule is OC(F)(C(F)(F)C(F)(F)F)C(F)(F)C(F)(F)C(F)(F)C(F)(F)CF. The molecule has 0 aliphatic rings. The van der Waals surface area contributed by atoms with Gasteiger partial charge in [-0.15, -0.1) is 0 Å². The average Bonchev–Trinajstić information content (AvgIpc) is 2.36. The Bertz CT molecular complexity index is 461. The van der Waals surface area contributed by atoms with E-state index in [1.807, 2.05) is 0 Å². The molecule has 0 saturated heterocycles. The van der Waals surface area contributed by atoms with E-state index >= 15 is 0 Å². The van der Waals surface area contributed by atoms with Gasteiger partial charge in [-0.2, -0.15) is 61.5 Å². The van der Waals surface area contributed by atoms with Crippen LogP contribution in [0.3, 0.4) is 0 Å². The normalized spacial score (nSPS) is 18.5. The largest absolute Gasteiger partial charge is 0.459 e. The molecular formula is C8H3F15O. The Morgan fingerprint density at radius 1 is 0.500 bits per heavy atom. The molecule has 1 atom stereocenters. The Labute approximate surface area is 121 Å². The fraction of sp³-hybridized carbons (Fsp3) is 1.00. The van der Waals surface area contributed by atoms with E-state index in [-0.39, 0.29) is 0 Å². The fourth-order valence-corrected chi connectivity index (χ4v) is 1.10. The Hall–Kier alpha value is -1.09. The van der Waals surface area contributed by atoms with E-state index in [9.17, 15) is 65.9 Å². The molecule has 0 aromatic heterocycles. The molecule has 0 aromatic carbocycles. The molecule has 0 rings (SSSR count). The molecule has 0 amide bonds. The van der Waals surface area contributed by atoms with Crippen molar-refractivity contribution in [1.29, 1.82) is 0 Å². The van der Waals surface area contributed by atoms with Crippen molar-refractivity contribution in [1.82, 2.24) is 0 Å². The molecule has 24 heavy (non-hydrogen) atoms. The van der Waals surface area contributed by atoms with Crippen molar-refractivity contribution < 1.29 is 71.0 Å². The van der Waals surface area contributed by atoms with Crippen molar-refractivity contribution in [3.8, 4) is 0 Å². The van der Waals surface area contributed by atoms with Gasteiger partial charge in [-0.25, -0.2) is 4.39 Å². The van der Waals surface area contributed by atoms with Crippen LogP contribution in [0.25, 0.3) is 0 Å². The van der Waals surface area contributed by atoms with Gasteiger partial charge in [0.05, 0.1) is 0 Å². The summed E-state index contributed by atoms with van der Waals surface area (Å²) < 4.78 is 186. The number of hydrogen-bond acceptors (Lipinski definition) is 1. The molecule has 0 aliphatic heterocycles. The Kier molecular flexibility index (Phi) is 5.21. The van der Waals surface area contributed by atoms with E-state index in [4.69, 9.17) is 5.11 Å². The van der Waals surface area contributed by atoms with Crippen LogP contribution in [0.15, 0.2) is 0 Å². The van der Waals surface area contributed by atoms with Gasteiger partial charge in [0.25, 0.3) is 0 Å². The summed E-state index contributed by atoms with van der Waals surface area (Å²) >= 11 is 0. The summed E-state index contributed by atoms with van der Waals surface area (Å²) in [5.74, 6) is -46.2. The van der Waals surface area contributed by atoms with Crippen LogP contribution in [0.1, 0.15) is 0 Å². The second-order valence-electron chi connectivity index (χ2n) is 4.26. The summed E-state index contributed by atoms with van der Waals surface area (Å²) in [5.41, 5.74) is 0. The van der Waals surface area contributed by atoms with Gasteiger partial charge in [0.1, 0.15) is 0 Å². The lowest BCUT2D eigenvalue weighted by Gasteiger charge is -2.42. The Morgan fingerprint density at radius 3 is 1.08 bits per heavy atom. The maximum atomic E-state index is 12.9. The maximum Gasteiger partial charge on any atom is 0.459 e. The molecule has 16 heteroatoms. The standard InChI is InChI=1S/C8H3F15O/c9-1-2(10,11)3(12,13)4(14,15)5(16,17)7(20,24)6(18,19)8(21,22)23/h24H,1H2. The molecule has 1 unspecified atom stereocenters. The highest BCUT2D eigenvalue weighted by Crippen LogP contribution is 2.60. The molecule has 146 valence electrons. The zero-order chi connectivity index (χ0) is 20.2. The minimum absolute atomic E-state index is 3.80. The van der Waals surface area contributed by atoms with Crippen LogP contribution >= 0.6 is 0 Å². The fourth-order valence-electron chi connectivity index (χ4n) is 1.10. The van der Waals surface area contributed by atoms with Gasteiger partial charge in [0.15, 0.2) is 6.67 Å². The third kappa shape index (κ3) is 2.65. The molecule has 1 N–H and O–H groups in total. The molecule has 0 aliphatic carbocycles. The van der Waals surface area contributed by atoms with E-state index in [0.29, 0.717) is 0 Å². The van der Waals surface area contributed by atoms with Crippen LogP contribution in [0, 0.1) is 0 Å². The van der Waals surface area contributed by atoms with Crippen molar-refractivity contribution in [2.24, 2.45) is 0 Å². The lowest BCUT2D eigenvalue weighted by atomic mass is 9.90. The van der Waals surface area contributed by atoms with E-state index in [1.54, 1.807) is 0 Å². The Morgan fingerprint density at radius 2 is 0.833 bits per heavy atom. The zero-order valence-electron chi connectivity index (χ0n) is 10.3. The van der Waals surface area contributed by atoms with E-state index in [2.05, 4.69) is 0 Å². The summed E-state index contributed by atoms with van der Waals surface area (Å²) in [4.78, 5) is 0. The molecule has 0 aromatic rings. The van der Waals surface area contributed by atoms with E-state index in [1.165, 1.54) is 0 Å². The van der Waals surface area contributed by atoms with Crippen molar-refractivity contribution in [3.63, 3.8) is 0 Å². The van der Waals surface area contributed by atoms with Crippen molar-refractivity contribution in [2.45, 2.75) is 41.6 Å². The second kappa shape index (κ2) is 5.45. The van der Waals surface area contributed by atoms with Crippen LogP contribution in [0.2, 0.25) is 0 Å². The van der Waals surface area contributed by atoms with E-state index < -0.39 is 48.3 Å². The lowest BCUT2D eigenvalue weighted by Crippen LogP contribution is -2.74. The van der Waals surface area contributed by atoms with Gasteiger partial charge in [0.2, 0.25) is 0 Å². The third-order valence-corrected chi connectivity index (χ3v) is 2.60. The number of halogens is 15. The lowest BCUT2D eigenvalue weighted by molar-refractivity contribution is -0.469. The summed E-state index contributed by atoms with van der Waals surface area (Å²) in [6, 6.07) is 0. The predicted molar refractivity (Wildman–Crippen MR) is 42.8 cm³/mol. The minimum Gasteiger partial charge on any atom is -0.352 e. The number of rotatable bonds is 6. The van der Waals surface area contributed by atoms with Crippen LogP contribution in [0.4, 0.5) is 65.9 Å². The monoisotopic (exact) mass is 400 g/mol. The van der Waals surface area contributed by atoms with Crippen molar-refractivity contribution >= 4 is 0 Å². The number of aliphatic hydroxyl groups is 1. The summed E-state index contributed by atoms with van der Waals surface area (Å²) in [5, 5.41) is 7.90.